The fourth-order valence-electron chi connectivity index (χ4n) is 4.98. The highest BCUT2D eigenvalue weighted by Crippen LogP contribution is 2.21. The number of aliphatic hydroxyl groups excluding tert-OH is 3. The summed E-state index contributed by atoms with van der Waals surface area (Å²) < 4.78 is 0. The Bertz CT molecular complexity index is 574. The first-order valence-electron chi connectivity index (χ1n) is 16.1. The van der Waals surface area contributed by atoms with E-state index in [2.05, 4.69) is 26.0 Å². The van der Waals surface area contributed by atoms with Crippen molar-refractivity contribution in [3.63, 3.8) is 0 Å². The summed E-state index contributed by atoms with van der Waals surface area (Å²) in [5.41, 5.74) is 0. The third-order valence-electron chi connectivity index (χ3n) is 7.63. The molecular weight excluding hydrogens is 476 g/mol. The molecule has 0 bridgehead atoms. The zero-order valence-electron chi connectivity index (χ0n) is 25.0. The maximum absolute atomic E-state index is 13.0. The van der Waals surface area contributed by atoms with Crippen LogP contribution in [0.5, 0.6) is 0 Å². The number of unbranched alkanes of at least 4 members (excludes halogenated alkanes) is 17. The number of ketones is 2. The molecule has 0 aliphatic carbocycles. The second kappa shape index (κ2) is 27.5. The van der Waals surface area contributed by atoms with Gasteiger partial charge in [0.15, 0.2) is 5.78 Å². The Morgan fingerprint density at radius 2 is 1.05 bits per heavy atom. The van der Waals surface area contributed by atoms with E-state index in [1.807, 2.05) is 0 Å². The predicted octanol–water partition coefficient (Wildman–Crippen LogP) is 8.02. The van der Waals surface area contributed by atoms with Crippen LogP contribution in [-0.4, -0.2) is 45.7 Å². The molecule has 0 aliphatic rings. The number of allylic oxidation sites excluding steroid dienone is 2. The van der Waals surface area contributed by atoms with Crippen LogP contribution in [0.4, 0.5) is 0 Å². The van der Waals surface area contributed by atoms with Gasteiger partial charge in [0, 0.05) is 18.8 Å². The third-order valence-corrected chi connectivity index (χ3v) is 7.63. The van der Waals surface area contributed by atoms with Gasteiger partial charge in [-0.15, -0.1) is 0 Å². The summed E-state index contributed by atoms with van der Waals surface area (Å²) in [6.45, 7) is 3.80. The Morgan fingerprint density at radius 3 is 1.55 bits per heavy atom. The predicted molar refractivity (Wildman–Crippen MR) is 159 cm³/mol. The fraction of sp³-hybridized carbons (Fsp3) is 0.879. The first-order chi connectivity index (χ1) is 18.5. The summed E-state index contributed by atoms with van der Waals surface area (Å²) in [4.78, 5) is 25.4. The Hall–Kier alpha value is -1.04. The lowest BCUT2D eigenvalue weighted by molar-refractivity contribution is -0.138. The minimum absolute atomic E-state index is 0.0489. The van der Waals surface area contributed by atoms with E-state index in [1.54, 1.807) is 0 Å². The van der Waals surface area contributed by atoms with E-state index in [9.17, 15) is 19.8 Å². The van der Waals surface area contributed by atoms with E-state index in [1.165, 1.54) is 77.0 Å². The monoisotopic (exact) mass is 538 g/mol. The SMILES string of the molecule is CCCCCC/C=C\CCCCCC(CC(=O)C(O)C(O)CO)C(=O)CCCCCCCCCCCCC. The molecule has 0 spiro atoms. The van der Waals surface area contributed by atoms with E-state index >= 15 is 0 Å². The minimum atomic E-state index is -1.63. The number of rotatable bonds is 29. The Morgan fingerprint density at radius 1 is 0.605 bits per heavy atom. The highest BCUT2D eigenvalue weighted by atomic mass is 16.4. The van der Waals surface area contributed by atoms with Gasteiger partial charge >= 0.3 is 0 Å². The van der Waals surface area contributed by atoms with Gasteiger partial charge in [-0.25, -0.2) is 0 Å². The van der Waals surface area contributed by atoms with Gasteiger partial charge in [-0.2, -0.15) is 0 Å². The van der Waals surface area contributed by atoms with Gasteiger partial charge in [0.1, 0.15) is 18.0 Å². The summed E-state index contributed by atoms with van der Waals surface area (Å²) in [5.74, 6) is -0.845. The Kier molecular flexibility index (Phi) is 26.8. The van der Waals surface area contributed by atoms with Crippen molar-refractivity contribution in [3.8, 4) is 0 Å². The number of Topliss-reactive ketones (excluding diaryl/α,β-unsaturated/α-hetero) is 2. The molecule has 0 aromatic rings. The zero-order valence-corrected chi connectivity index (χ0v) is 25.0. The molecule has 0 saturated heterocycles. The molecule has 5 heteroatoms. The van der Waals surface area contributed by atoms with Crippen molar-refractivity contribution >= 4 is 11.6 Å². The smallest absolute Gasteiger partial charge is 0.164 e. The van der Waals surface area contributed by atoms with Crippen molar-refractivity contribution in [2.24, 2.45) is 5.92 Å². The van der Waals surface area contributed by atoms with Crippen molar-refractivity contribution in [2.75, 3.05) is 6.61 Å². The number of aliphatic hydroxyl groups is 3. The molecule has 3 unspecified atom stereocenters. The quantitative estimate of drug-likeness (QED) is 0.0662. The van der Waals surface area contributed by atoms with E-state index in [0.29, 0.717) is 12.8 Å². The number of hydrogen-bond acceptors (Lipinski definition) is 5. The van der Waals surface area contributed by atoms with Crippen LogP contribution in [0.15, 0.2) is 12.2 Å². The molecule has 0 amide bonds. The zero-order chi connectivity index (χ0) is 28.3. The van der Waals surface area contributed by atoms with E-state index in [4.69, 9.17) is 5.11 Å². The van der Waals surface area contributed by atoms with Crippen molar-refractivity contribution in [1.82, 2.24) is 0 Å². The maximum Gasteiger partial charge on any atom is 0.164 e. The molecule has 0 fully saturated rings. The van der Waals surface area contributed by atoms with Crippen LogP contribution in [0.2, 0.25) is 0 Å². The van der Waals surface area contributed by atoms with Gasteiger partial charge in [-0.1, -0.05) is 122 Å². The van der Waals surface area contributed by atoms with E-state index in [0.717, 1.165) is 51.4 Å². The Labute approximate surface area is 234 Å². The summed E-state index contributed by atoms with van der Waals surface area (Å²) in [5, 5.41) is 28.7. The molecule has 0 saturated carbocycles. The van der Waals surface area contributed by atoms with Crippen LogP contribution in [0.3, 0.4) is 0 Å². The summed E-state index contributed by atoms with van der Waals surface area (Å²) in [7, 11) is 0. The summed E-state index contributed by atoms with van der Waals surface area (Å²) >= 11 is 0. The van der Waals surface area contributed by atoms with E-state index < -0.39 is 30.5 Å². The fourth-order valence-corrected chi connectivity index (χ4v) is 4.98. The molecular formula is C33H62O5. The Balaban J connectivity index is 4.31. The molecule has 38 heavy (non-hydrogen) atoms. The highest BCUT2D eigenvalue weighted by molar-refractivity contribution is 5.90. The third kappa shape index (κ3) is 21.8. The lowest BCUT2D eigenvalue weighted by Gasteiger charge is -2.19. The minimum Gasteiger partial charge on any atom is -0.394 e. The van der Waals surface area contributed by atoms with Crippen LogP contribution >= 0.6 is 0 Å². The van der Waals surface area contributed by atoms with Crippen molar-refractivity contribution in [3.05, 3.63) is 12.2 Å². The van der Waals surface area contributed by atoms with Crippen LogP contribution in [0.25, 0.3) is 0 Å². The van der Waals surface area contributed by atoms with Crippen molar-refractivity contribution in [1.29, 1.82) is 0 Å². The maximum atomic E-state index is 13.0. The van der Waals surface area contributed by atoms with Gasteiger partial charge in [0.2, 0.25) is 0 Å². The first kappa shape index (κ1) is 37.0. The largest absolute Gasteiger partial charge is 0.394 e. The van der Waals surface area contributed by atoms with E-state index in [-0.39, 0.29) is 12.2 Å². The first-order valence-corrected chi connectivity index (χ1v) is 16.1. The van der Waals surface area contributed by atoms with Crippen molar-refractivity contribution in [2.45, 2.75) is 174 Å². The molecule has 3 atom stereocenters. The standard InChI is InChI=1S/C33H62O5/c1-3-5-7-9-11-13-15-17-19-21-23-25-29(27-31(36)33(38)32(37)28-34)30(35)26-24-22-20-18-16-14-12-10-8-6-4-2/h13,15,29,32-34,37-38H,3-12,14,16-28H2,1-2H3/b15-13-. The van der Waals surface area contributed by atoms with Crippen LogP contribution in [0, 0.1) is 5.92 Å². The second-order valence-corrected chi connectivity index (χ2v) is 11.3. The van der Waals surface area contributed by atoms with Crippen LogP contribution in [0.1, 0.15) is 162 Å². The molecule has 5 nitrogen and oxygen atoms in total. The average Bonchev–Trinajstić information content (AvgIpc) is 2.92. The number of carbonyl (C=O) groups excluding carboxylic acids is 2. The molecule has 0 radical (unpaired) electrons. The molecule has 0 heterocycles. The summed E-state index contributed by atoms with van der Waals surface area (Å²) in [6.07, 6.45) is 26.3. The van der Waals surface area contributed by atoms with Crippen molar-refractivity contribution < 1.29 is 24.9 Å². The lowest BCUT2D eigenvalue weighted by Crippen LogP contribution is -2.38. The molecule has 224 valence electrons. The molecule has 0 aromatic heterocycles. The summed E-state index contributed by atoms with van der Waals surface area (Å²) in [6, 6.07) is 0. The molecule has 0 aromatic carbocycles. The second-order valence-electron chi connectivity index (χ2n) is 11.3. The van der Waals surface area contributed by atoms with Gasteiger partial charge in [-0.05, 0) is 38.5 Å². The van der Waals surface area contributed by atoms with Crippen LogP contribution < -0.4 is 0 Å². The number of hydrogen-bond donors (Lipinski definition) is 3. The number of carbonyl (C=O) groups is 2. The lowest BCUT2D eigenvalue weighted by atomic mass is 9.87. The van der Waals surface area contributed by atoms with Gasteiger partial charge in [0.05, 0.1) is 6.61 Å². The highest BCUT2D eigenvalue weighted by Gasteiger charge is 2.28. The van der Waals surface area contributed by atoms with Gasteiger partial charge in [0.25, 0.3) is 0 Å². The van der Waals surface area contributed by atoms with Crippen LogP contribution in [-0.2, 0) is 9.59 Å². The molecule has 0 aliphatic heterocycles. The average molecular weight is 539 g/mol. The molecule has 3 N–H and O–H groups in total. The van der Waals surface area contributed by atoms with Gasteiger partial charge < -0.3 is 15.3 Å². The topological polar surface area (TPSA) is 94.8 Å². The normalized spacial score (nSPS) is 14.1. The molecule has 0 rings (SSSR count). The van der Waals surface area contributed by atoms with Gasteiger partial charge in [-0.3, -0.25) is 9.59 Å².